The van der Waals surface area contributed by atoms with Crippen molar-refractivity contribution in [3.8, 4) is 11.3 Å². The third kappa shape index (κ3) is 4.55. The van der Waals surface area contributed by atoms with E-state index in [2.05, 4.69) is 44.2 Å². The van der Waals surface area contributed by atoms with Gasteiger partial charge < -0.3 is 14.7 Å². The molecule has 2 aliphatic rings. The molecule has 33 heavy (non-hydrogen) atoms. The van der Waals surface area contributed by atoms with Crippen LogP contribution in [0.25, 0.3) is 11.3 Å². The van der Waals surface area contributed by atoms with E-state index in [4.69, 9.17) is 0 Å². The number of nitrogens with zero attached hydrogens (tertiary/aromatic N) is 7. The van der Waals surface area contributed by atoms with Crippen molar-refractivity contribution in [1.82, 2.24) is 24.9 Å². The molecular weight excluding hydrogens is 414 g/mol. The highest BCUT2D eigenvalue weighted by Crippen LogP contribution is 2.23. The molecule has 4 heterocycles. The summed E-state index contributed by atoms with van der Waals surface area (Å²) in [7, 11) is 1.83. The van der Waals surface area contributed by atoms with Gasteiger partial charge in [-0.15, -0.1) is 10.2 Å². The lowest BCUT2D eigenvalue weighted by Gasteiger charge is -2.35. The number of aromatic nitrogens is 4. The van der Waals surface area contributed by atoms with Crippen LogP contribution in [0.3, 0.4) is 0 Å². The summed E-state index contributed by atoms with van der Waals surface area (Å²) in [5, 5.41) is 13.5. The summed E-state index contributed by atoms with van der Waals surface area (Å²) < 4.78 is 1.68. The fourth-order valence-corrected chi connectivity index (χ4v) is 4.61. The molecule has 0 bridgehead atoms. The topological polar surface area (TPSA) is 70.4 Å². The van der Waals surface area contributed by atoms with Gasteiger partial charge >= 0.3 is 0 Å². The van der Waals surface area contributed by atoms with Crippen molar-refractivity contribution < 1.29 is 4.79 Å². The monoisotopic (exact) mass is 445 g/mol. The first-order valence-corrected chi connectivity index (χ1v) is 11.8. The van der Waals surface area contributed by atoms with Gasteiger partial charge in [0.05, 0.1) is 5.69 Å². The van der Waals surface area contributed by atoms with Crippen molar-refractivity contribution >= 4 is 17.5 Å². The number of rotatable bonds is 4. The molecule has 3 aromatic rings. The van der Waals surface area contributed by atoms with Gasteiger partial charge in [-0.3, -0.25) is 9.48 Å². The molecule has 0 spiro atoms. The third-order valence-electron chi connectivity index (χ3n) is 6.80. The van der Waals surface area contributed by atoms with Crippen LogP contribution in [0.1, 0.15) is 30.3 Å². The normalized spacial score (nSPS) is 17.5. The maximum atomic E-state index is 13.2. The summed E-state index contributed by atoms with van der Waals surface area (Å²) in [5.74, 6) is 2.66. The van der Waals surface area contributed by atoms with E-state index in [-0.39, 0.29) is 5.91 Å². The molecule has 0 atom stereocenters. The van der Waals surface area contributed by atoms with E-state index in [1.165, 1.54) is 12.8 Å². The number of anilines is 2. The van der Waals surface area contributed by atoms with Gasteiger partial charge in [-0.05, 0) is 37.0 Å². The van der Waals surface area contributed by atoms with Crippen LogP contribution in [0, 0.1) is 5.92 Å². The van der Waals surface area contributed by atoms with Crippen molar-refractivity contribution in [2.75, 3.05) is 49.1 Å². The lowest BCUT2D eigenvalue weighted by atomic mass is 9.99. The van der Waals surface area contributed by atoms with Crippen molar-refractivity contribution in [3.63, 3.8) is 0 Å². The quantitative estimate of drug-likeness (QED) is 0.615. The summed E-state index contributed by atoms with van der Waals surface area (Å²) in [6, 6.07) is 16.0. The summed E-state index contributed by atoms with van der Waals surface area (Å²) in [5.41, 5.74) is 2.44. The Balaban J connectivity index is 1.20. The highest BCUT2D eigenvalue weighted by molar-refractivity contribution is 5.94. The smallest absolute Gasteiger partial charge is 0.272 e. The molecule has 0 saturated carbocycles. The number of hydrogen-bond acceptors (Lipinski definition) is 6. The van der Waals surface area contributed by atoms with Gasteiger partial charge in [0, 0.05) is 51.9 Å². The van der Waals surface area contributed by atoms with Crippen molar-refractivity contribution in [2.45, 2.75) is 19.8 Å². The molecule has 8 heteroatoms. The van der Waals surface area contributed by atoms with Crippen LogP contribution in [-0.4, -0.2) is 70.1 Å². The second-order valence-electron chi connectivity index (χ2n) is 9.10. The summed E-state index contributed by atoms with van der Waals surface area (Å²) >= 11 is 0. The number of piperazine rings is 1. The van der Waals surface area contributed by atoms with Crippen molar-refractivity contribution in [1.29, 1.82) is 0 Å². The maximum absolute atomic E-state index is 13.2. The lowest BCUT2D eigenvalue weighted by molar-refractivity contribution is 0.0735. The summed E-state index contributed by atoms with van der Waals surface area (Å²) in [6.07, 6.45) is 2.42. The number of hydrogen-bond donors (Lipinski definition) is 0. The summed E-state index contributed by atoms with van der Waals surface area (Å²) in [6.45, 7) is 7.20. The zero-order valence-electron chi connectivity index (χ0n) is 19.4. The molecule has 0 unspecified atom stereocenters. The fourth-order valence-electron chi connectivity index (χ4n) is 4.61. The van der Waals surface area contributed by atoms with Gasteiger partial charge in [0.25, 0.3) is 5.91 Å². The van der Waals surface area contributed by atoms with Gasteiger partial charge in [0.1, 0.15) is 5.69 Å². The Morgan fingerprint density at radius 3 is 2.06 bits per heavy atom. The van der Waals surface area contributed by atoms with Crippen LogP contribution >= 0.6 is 0 Å². The molecule has 0 radical (unpaired) electrons. The molecule has 1 amide bonds. The SMILES string of the molecule is CC1CCN(c2ccc(N3CCN(C(=O)c4cc(-c5ccccc5)nn4C)CC3)nn2)CC1. The zero-order valence-corrected chi connectivity index (χ0v) is 19.4. The Morgan fingerprint density at radius 1 is 0.848 bits per heavy atom. The van der Waals surface area contributed by atoms with Crippen LogP contribution in [0.5, 0.6) is 0 Å². The highest BCUT2D eigenvalue weighted by atomic mass is 16.2. The molecular formula is C25H31N7O. The van der Waals surface area contributed by atoms with Gasteiger partial charge in [-0.1, -0.05) is 37.3 Å². The zero-order chi connectivity index (χ0) is 22.8. The fraction of sp³-hybridized carbons (Fsp3) is 0.440. The molecule has 2 aromatic heterocycles. The Morgan fingerprint density at radius 2 is 1.45 bits per heavy atom. The molecule has 172 valence electrons. The largest absolute Gasteiger partial charge is 0.355 e. The first-order valence-electron chi connectivity index (χ1n) is 11.8. The van der Waals surface area contributed by atoms with E-state index in [9.17, 15) is 4.79 Å². The van der Waals surface area contributed by atoms with Crippen molar-refractivity contribution in [3.05, 3.63) is 54.2 Å². The Bertz CT molecular complexity index is 1080. The average molecular weight is 446 g/mol. The minimum absolute atomic E-state index is 0.0209. The summed E-state index contributed by atoms with van der Waals surface area (Å²) in [4.78, 5) is 19.6. The molecule has 0 N–H and O–H groups in total. The Kier molecular flexibility index (Phi) is 5.98. The molecule has 1 aromatic carbocycles. The molecule has 0 aliphatic carbocycles. The van der Waals surface area contributed by atoms with Crippen molar-refractivity contribution in [2.24, 2.45) is 13.0 Å². The van der Waals surface area contributed by atoms with Crippen LogP contribution in [0.4, 0.5) is 11.6 Å². The first kappa shape index (κ1) is 21.4. The molecule has 2 aliphatic heterocycles. The molecule has 2 fully saturated rings. The third-order valence-corrected chi connectivity index (χ3v) is 6.80. The predicted octanol–water partition coefficient (Wildman–Crippen LogP) is 3.08. The minimum Gasteiger partial charge on any atom is -0.355 e. The lowest BCUT2D eigenvalue weighted by Crippen LogP contribution is -2.49. The number of carbonyl (C=O) groups excluding carboxylic acids is 1. The average Bonchev–Trinajstić information content (AvgIpc) is 3.26. The molecule has 2 saturated heterocycles. The second-order valence-corrected chi connectivity index (χ2v) is 9.10. The van der Waals surface area contributed by atoms with E-state index in [1.54, 1.807) is 4.68 Å². The van der Waals surface area contributed by atoms with Gasteiger partial charge in [-0.25, -0.2) is 0 Å². The Labute approximate surface area is 194 Å². The number of carbonyl (C=O) groups is 1. The van der Waals surface area contributed by atoms with Crippen LogP contribution in [0.15, 0.2) is 48.5 Å². The standard InChI is InChI=1S/C25H31N7O/c1-19-10-12-30(13-11-19)23-8-9-24(27-26-23)31-14-16-32(17-15-31)25(33)22-18-21(28-29(22)2)20-6-4-3-5-7-20/h3-9,18-19H,10-17H2,1-2H3. The minimum atomic E-state index is 0.0209. The van der Waals surface area contributed by atoms with E-state index in [0.29, 0.717) is 18.8 Å². The molecule has 5 rings (SSSR count). The van der Waals surface area contributed by atoms with E-state index >= 15 is 0 Å². The number of piperidine rings is 1. The number of amides is 1. The Hall–Kier alpha value is -3.42. The van der Waals surface area contributed by atoms with Crippen LogP contribution < -0.4 is 9.80 Å². The maximum Gasteiger partial charge on any atom is 0.272 e. The highest BCUT2D eigenvalue weighted by Gasteiger charge is 2.26. The predicted molar refractivity (Wildman–Crippen MR) is 129 cm³/mol. The van der Waals surface area contributed by atoms with E-state index < -0.39 is 0 Å². The van der Waals surface area contributed by atoms with Gasteiger partial charge in [0.15, 0.2) is 11.6 Å². The van der Waals surface area contributed by atoms with Crippen LogP contribution in [-0.2, 0) is 7.05 Å². The number of aryl methyl sites for hydroxylation is 1. The second kappa shape index (κ2) is 9.21. The van der Waals surface area contributed by atoms with Gasteiger partial charge in [-0.2, -0.15) is 5.10 Å². The number of benzene rings is 1. The van der Waals surface area contributed by atoms with Gasteiger partial charge in [0.2, 0.25) is 0 Å². The first-order chi connectivity index (χ1) is 16.1. The van der Waals surface area contributed by atoms with Crippen LogP contribution in [0.2, 0.25) is 0 Å². The molecule has 8 nitrogen and oxygen atoms in total. The van der Waals surface area contributed by atoms with E-state index in [1.807, 2.05) is 48.3 Å². The van der Waals surface area contributed by atoms with E-state index in [0.717, 1.165) is 55.0 Å².